The fourth-order valence-corrected chi connectivity index (χ4v) is 3.82. The zero-order valence-corrected chi connectivity index (χ0v) is 14.1. The maximum Gasteiger partial charge on any atom is 0.0543 e. The third kappa shape index (κ3) is 4.77. The van der Waals surface area contributed by atoms with Crippen LogP contribution in [0.2, 0.25) is 0 Å². The van der Waals surface area contributed by atoms with Gasteiger partial charge in [0.15, 0.2) is 0 Å². The molecule has 4 atom stereocenters. The van der Waals surface area contributed by atoms with Gasteiger partial charge in [0.1, 0.15) is 0 Å². The van der Waals surface area contributed by atoms with Crippen molar-refractivity contribution in [1.82, 2.24) is 0 Å². The molecule has 0 amide bonds. The van der Waals surface area contributed by atoms with Gasteiger partial charge in [0, 0.05) is 0 Å². The molecule has 0 heterocycles. The normalized spacial score (nSPS) is 34.3. The molecule has 0 aliphatic heterocycles. The summed E-state index contributed by atoms with van der Waals surface area (Å²) >= 11 is 0. The molecule has 1 rings (SSSR count). The standard InChI is InChI=1S/C18H36O/c1-7-8-15-13-16(19)10-12-18(15,6)14(2)9-11-17(3,4)5/h14-16,19H,7-13H2,1-6H3/t14?,15?,16-,18-/m1/s1. The Labute approximate surface area is 121 Å². The summed E-state index contributed by atoms with van der Waals surface area (Å²) in [7, 11) is 0. The highest BCUT2D eigenvalue weighted by atomic mass is 16.3. The Bertz CT molecular complexity index is 265. The van der Waals surface area contributed by atoms with Crippen molar-refractivity contribution in [2.24, 2.45) is 22.7 Å². The Balaban J connectivity index is 2.68. The molecule has 114 valence electrons. The van der Waals surface area contributed by atoms with Gasteiger partial charge in [0.05, 0.1) is 6.10 Å². The van der Waals surface area contributed by atoms with E-state index in [1.807, 2.05) is 0 Å². The minimum Gasteiger partial charge on any atom is -0.393 e. The second-order valence-corrected chi connectivity index (χ2v) is 8.42. The average Bonchev–Trinajstić information content (AvgIpc) is 2.30. The van der Waals surface area contributed by atoms with E-state index in [4.69, 9.17) is 0 Å². The van der Waals surface area contributed by atoms with Gasteiger partial charge in [-0.1, -0.05) is 54.4 Å². The molecule has 0 radical (unpaired) electrons. The van der Waals surface area contributed by atoms with Crippen LogP contribution in [0, 0.1) is 22.7 Å². The van der Waals surface area contributed by atoms with Crippen molar-refractivity contribution in [2.45, 2.75) is 92.6 Å². The van der Waals surface area contributed by atoms with Gasteiger partial charge >= 0.3 is 0 Å². The van der Waals surface area contributed by atoms with E-state index in [-0.39, 0.29) is 6.10 Å². The van der Waals surface area contributed by atoms with Crippen molar-refractivity contribution in [3.63, 3.8) is 0 Å². The highest BCUT2D eigenvalue weighted by Crippen LogP contribution is 2.50. The average molecular weight is 268 g/mol. The molecule has 1 saturated carbocycles. The molecule has 1 nitrogen and oxygen atoms in total. The van der Waals surface area contributed by atoms with Crippen LogP contribution in [0.25, 0.3) is 0 Å². The Morgan fingerprint density at radius 3 is 2.47 bits per heavy atom. The van der Waals surface area contributed by atoms with Crippen molar-refractivity contribution in [3.8, 4) is 0 Å². The molecule has 1 aliphatic carbocycles. The van der Waals surface area contributed by atoms with Crippen LogP contribution in [-0.4, -0.2) is 11.2 Å². The van der Waals surface area contributed by atoms with Crippen LogP contribution in [0.4, 0.5) is 0 Å². The second-order valence-electron chi connectivity index (χ2n) is 8.42. The van der Waals surface area contributed by atoms with Gasteiger partial charge in [-0.3, -0.25) is 0 Å². The molecule has 1 N–H and O–H groups in total. The summed E-state index contributed by atoms with van der Waals surface area (Å²) in [6.45, 7) is 14.3. The monoisotopic (exact) mass is 268 g/mol. The van der Waals surface area contributed by atoms with E-state index in [0.29, 0.717) is 10.8 Å². The topological polar surface area (TPSA) is 20.2 Å². The van der Waals surface area contributed by atoms with Crippen molar-refractivity contribution in [2.75, 3.05) is 0 Å². The molecule has 19 heavy (non-hydrogen) atoms. The van der Waals surface area contributed by atoms with Gasteiger partial charge in [0.25, 0.3) is 0 Å². The van der Waals surface area contributed by atoms with Crippen LogP contribution in [-0.2, 0) is 0 Å². The molecule has 0 aromatic rings. The molecule has 0 saturated heterocycles. The van der Waals surface area contributed by atoms with Crippen LogP contribution in [0.3, 0.4) is 0 Å². The van der Waals surface area contributed by atoms with Gasteiger partial charge in [-0.25, -0.2) is 0 Å². The minimum absolute atomic E-state index is 0.0422. The molecule has 0 aromatic carbocycles. The maximum absolute atomic E-state index is 9.98. The summed E-state index contributed by atoms with van der Waals surface area (Å²) in [5.41, 5.74) is 0.888. The Morgan fingerprint density at radius 1 is 1.32 bits per heavy atom. The van der Waals surface area contributed by atoms with Crippen LogP contribution >= 0.6 is 0 Å². The first kappa shape index (κ1) is 17.0. The zero-order chi connectivity index (χ0) is 14.7. The van der Waals surface area contributed by atoms with Gasteiger partial charge < -0.3 is 5.11 Å². The predicted octanol–water partition coefficient (Wildman–Crippen LogP) is 5.42. The molecule has 0 spiro atoms. The highest BCUT2D eigenvalue weighted by molar-refractivity contribution is 4.92. The van der Waals surface area contributed by atoms with Crippen molar-refractivity contribution < 1.29 is 5.11 Å². The lowest BCUT2D eigenvalue weighted by atomic mass is 9.58. The Morgan fingerprint density at radius 2 is 1.95 bits per heavy atom. The molecule has 0 bridgehead atoms. The van der Waals surface area contributed by atoms with E-state index in [9.17, 15) is 5.11 Å². The van der Waals surface area contributed by atoms with Gasteiger partial charge in [-0.05, 0) is 54.8 Å². The lowest BCUT2D eigenvalue weighted by molar-refractivity contribution is -0.0228. The van der Waals surface area contributed by atoms with Crippen LogP contribution in [0.15, 0.2) is 0 Å². The summed E-state index contributed by atoms with van der Waals surface area (Å²) in [6, 6.07) is 0. The lowest BCUT2D eigenvalue weighted by Crippen LogP contribution is -2.41. The number of aliphatic hydroxyl groups excluding tert-OH is 1. The van der Waals surface area contributed by atoms with Crippen molar-refractivity contribution >= 4 is 0 Å². The van der Waals surface area contributed by atoms with E-state index in [2.05, 4.69) is 41.5 Å². The quantitative estimate of drug-likeness (QED) is 0.706. The van der Waals surface area contributed by atoms with Crippen molar-refractivity contribution in [3.05, 3.63) is 0 Å². The maximum atomic E-state index is 9.98. The largest absolute Gasteiger partial charge is 0.393 e. The zero-order valence-electron chi connectivity index (χ0n) is 14.1. The highest BCUT2D eigenvalue weighted by Gasteiger charge is 2.42. The van der Waals surface area contributed by atoms with E-state index in [1.165, 1.54) is 32.1 Å². The molecular weight excluding hydrogens is 232 g/mol. The fraction of sp³-hybridized carbons (Fsp3) is 1.00. The molecule has 1 fully saturated rings. The second kappa shape index (κ2) is 6.61. The number of hydrogen-bond acceptors (Lipinski definition) is 1. The predicted molar refractivity (Wildman–Crippen MR) is 84.2 cm³/mol. The summed E-state index contributed by atoms with van der Waals surface area (Å²) < 4.78 is 0. The van der Waals surface area contributed by atoms with Crippen LogP contribution in [0.5, 0.6) is 0 Å². The van der Waals surface area contributed by atoms with E-state index >= 15 is 0 Å². The Hall–Kier alpha value is -0.0400. The number of aliphatic hydroxyl groups is 1. The fourth-order valence-electron chi connectivity index (χ4n) is 3.82. The third-order valence-electron chi connectivity index (χ3n) is 5.60. The third-order valence-corrected chi connectivity index (χ3v) is 5.60. The van der Waals surface area contributed by atoms with Crippen molar-refractivity contribution in [1.29, 1.82) is 0 Å². The van der Waals surface area contributed by atoms with E-state index in [1.54, 1.807) is 0 Å². The molecule has 1 aliphatic rings. The van der Waals surface area contributed by atoms with Gasteiger partial charge in [-0.2, -0.15) is 0 Å². The molecule has 2 unspecified atom stereocenters. The lowest BCUT2D eigenvalue weighted by Gasteiger charge is -2.48. The molecule has 1 heteroatoms. The van der Waals surface area contributed by atoms with Crippen LogP contribution in [0.1, 0.15) is 86.5 Å². The summed E-state index contributed by atoms with van der Waals surface area (Å²) in [6.07, 6.45) is 8.39. The first-order valence-corrected chi connectivity index (χ1v) is 8.37. The summed E-state index contributed by atoms with van der Waals surface area (Å²) in [5.74, 6) is 1.49. The first-order chi connectivity index (χ1) is 8.69. The van der Waals surface area contributed by atoms with E-state index in [0.717, 1.165) is 24.7 Å². The number of hydrogen-bond donors (Lipinski definition) is 1. The molecular formula is C18H36O. The van der Waals surface area contributed by atoms with Gasteiger partial charge in [-0.15, -0.1) is 0 Å². The summed E-state index contributed by atoms with van der Waals surface area (Å²) in [4.78, 5) is 0. The smallest absolute Gasteiger partial charge is 0.0543 e. The Kier molecular flexibility index (Phi) is 5.92. The SMILES string of the molecule is CCCC1C[C@H](O)CC[C@]1(C)C(C)CCC(C)(C)C. The van der Waals surface area contributed by atoms with E-state index < -0.39 is 0 Å². The first-order valence-electron chi connectivity index (χ1n) is 8.37. The summed E-state index contributed by atoms with van der Waals surface area (Å²) in [5, 5.41) is 9.98. The molecule has 0 aromatic heterocycles. The van der Waals surface area contributed by atoms with Gasteiger partial charge in [0.2, 0.25) is 0 Å². The van der Waals surface area contributed by atoms with Crippen LogP contribution < -0.4 is 0 Å². The minimum atomic E-state index is -0.0422. The number of rotatable bonds is 5.